The summed E-state index contributed by atoms with van der Waals surface area (Å²) in [5, 5.41) is 0.534. The quantitative estimate of drug-likeness (QED) is 0.918. The molecule has 1 aromatic carbocycles. The van der Waals surface area contributed by atoms with E-state index in [1.807, 2.05) is 18.2 Å². The average molecular weight is 284 g/mol. The number of nitrogens with zero attached hydrogens (tertiary/aromatic N) is 1. The number of rotatable bonds is 3. The summed E-state index contributed by atoms with van der Waals surface area (Å²) < 4.78 is 28.6. The van der Waals surface area contributed by atoms with Crippen LogP contribution >= 0.6 is 11.3 Å². The number of nitrogens with two attached hydrogens (primary N) is 1. The van der Waals surface area contributed by atoms with Gasteiger partial charge in [0.1, 0.15) is 5.75 Å². The topological polar surface area (TPSA) is 82.3 Å². The largest absolute Gasteiger partial charge is 0.493 e. The highest BCUT2D eigenvalue weighted by Gasteiger charge is 2.33. The minimum atomic E-state index is -2.77. The molecule has 2 aromatic rings. The van der Waals surface area contributed by atoms with Gasteiger partial charge in [0.25, 0.3) is 0 Å². The standard InChI is InChI=1S/C11H12N2O3S2/c12-11-13-9-3-8(1-2-10(9)17-11)16-4-7-5-18(14,15)6-7/h1-3,7H,4-6H2,(H2,12,13). The molecule has 0 saturated carbocycles. The molecular formula is C11H12N2O3S2. The van der Waals surface area contributed by atoms with Gasteiger partial charge < -0.3 is 10.5 Å². The molecule has 0 amide bonds. The molecule has 0 atom stereocenters. The fourth-order valence-electron chi connectivity index (χ4n) is 1.99. The van der Waals surface area contributed by atoms with E-state index in [0.717, 1.165) is 10.2 Å². The van der Waals surface area contributed by atoms with Gasteiger partial charge in [-0.3, -0.25) is 0 Å². The van der Waals surface area contributed by atoms with Crippen molar-refractivity contribution in [2.45, 2.75) is 0 Å². The molecule has 96 valence electrons. The Hall–Kier alpha value is -1.34. The van der Waals surface area contributed by atoms with Crippen LogP contribution in [-0.2, 0) is 9.84 Å². The van der Waals surface area contributed by atoms with Crippen LogP contribution < -0.4 is 10.5 Å². The summed E-state index contributed by atoms with van der Waals surface area (Å²) in [4.78, 5) is 4.18. The summed E-state index contributed by atoms with van der Waals surface area (Å²) in [5.74, 6) is 1.29. The van der Waals surface area contributed by atoms with Gasteiger partial charge in [-0.15, -0.1) is 0 Å². The van der Waals surface area contributed by atoms with Gasteiger partial charge in [-0.25, -0.2) is 13.4 Å². The number of ether oxygens (including phenoxy) is 1. The number of thiazole rings is 1. The summed E-state index contributed by atoms with van der Waals surface area (Å²) >= 11 is 1.43. The van der Waals surface area contributed by atoms with Crippen LogP contribution in [0.3, 0.4) is 0 Å². The number of sulfone groups is 1. The van der Waals surface area contributed by atoms with Gasteiger partial charge in [-0.05, 0) is 12.1 Å². The van der Waals surface area contributed by atoms with Crippen molar-refractivity contribution in [2.75, 3.05) is 23.8 Å². The first-order valence-corrected chi connectivity index (χ1v) is 8.15. The second-order valence-electron chi connectivity index (χ2n) is 4.44. The zero-order valence-corrected chi connectivity index (χ0v) is 11.1. The first-order valence-electron chi connectivity index (χ1n) is 5.51. The first kappa shape index (κ1) is 11.7. The van der Waals surface area contributed by atoms with E-state index in [0.29, 0.717) is 17.5 Å². The Balaban J connectivity index is 1.68. The number of benzene rings is 1. The van der Waals surface area contributed by atoms with Crippen molar-refractivity contribution in [3.8, 4) is 5.75 Å². The number of fused-ring (bicyclic) bond motifs is 1. The van der Waals surface area contributed by atoms with Gasteiger partial charge in [0.05, 0.1) is 28.3 Å². The van der Waals surface area contributed by atoms with Crippen molar-refractivity contribution in [3.05, 3.63) is 18.2 Å². The molecular weight excluding hydrogens is 272 g/mol. The third kappa shape index (κ3) is 2.28. The lowest BCUT2D eigenvalue weighted by Crippen LogP contribution is -2.39. The maximum absolute atomic E-state index is 11.0. The number of hydrogen-bond donors (Lipinski definition) is 1. The Kier molecular flexibility index (Phi) is 2.67. The monoisotopic (exact) mass is 284 g/mol. The molecule has 0 bridgehead atoms. The third-order valence-electron chi connectivity index (χ3n) is 2.84. The van der Waals surface area contributed by atoms with Crippen molar-refractivity contribution >= 4 is 36.5 Å². The van der Waals surface area contributed by atoms with Crippen LogP contribution in [0.5, 0.6) is 5.75 Å². The van der Waals surface area contributed by atoms with E-state index in [-0.39, 0.29) is 17.4 Å². The SMILES string of the molecule is Nc1nc2cc(OCC3CS(=O)(=O)C3)ccc2s1. The Morgan fingerprint density at radius 1 is 1.44 bits per heavy atom. The zero-order chi connectivity index (χ0) is 12.8. The van der Waals surface area contributed by atoms with Gasteiger partial charge in [-0.1, -0.05) is 11.3 Å². The normalized spacial score (nSPS) is 18.7. The smallest absolute Gasteiger partial charge is 0.181 e. The summed E-state index contributed by atoms with van der Waals surface area (Å²) in [6.07, 6.45) is 0. The molecule has 0 radical (unpaired) electrons. The van der Waals surface area contributed by atoms with Gasteiger partial charge in [0.2, 0.25) is 0 Å². The fourth-order valence-corrected chi connectivity index (χ4v) is 4.24. The second-order valence-corrected chi connectivity index (χ2v) is 7.65. The fraction of sp³-hybridized carbons (Fsp3) is 0.364. The highest BCUT2D eigenvalue weighted by molar-refractivity contribution is 7.92. The minimum Gasteiger partial charge on any atom is -0.493 e. The summed E-state index contributed by atoms with van der Waals surface area (Å²) in [7, 11) is -2.77. The van der Waals surface area contributed by atoms with E-state index >= 15 is 0 Å². The molecule has 1 aliphatic rings. The zero-order valence-electron chi connectivity index (χ0n) is 9.50. The van der Waals surface area contributed by atoms with Crippen molar-refractivity contribution in [1.82, 2.24) is 4.98 Å². The van der Waals surface area contributed by atoms with Gasteiger partial charge >= 0.3 is 0 Å². The molecule has 0 unspecified atom stereocenters. The van der Waals surface area contributed by atoms with E-state index in [1.54, 1.807) is 0 Å². The highest BCUT2D eigenvalue weighted by Crippen LogP contribution is 2.28. The maximum Gasteiger partial charge on any atom is 0.181 e. The predicted molar refractivity (Wildman–Crippen MR) is 71.7 cm³/mol. The molecule has 0 aliphatic carbocycles. The van der Waals surface area contributed by atoms with Crippen molar-refractivity contribution < 1.29 is 13.2 Å². The number of anilines is 1. The van der Waals surface area contributed by atoms with Crippen LogP contribution in [0.2, 0.25) is 0 Å². The Morgan fingerprint density at radius 2 is 2.22 bits per heavy atom. The van der Waals surface area contributed by atoms with Crippen LogP contribution in [0, 0.1) is 5.92 Å². The van der Waals surface area contributed by atoms with Crippen LogP contribution in [-0.4, -0.2) is 31.5 Å². The third-order valence-corrected chi connectivity index (χ3v) is 5.66. The maximum atomic E-state index is 11.0. The second kappa shape index (κ2) is 4.10. The molecule has 1 aliphatic heterocycles. The predicted octanol–water partition coefficient (Wildman–Crippen LogP) is 1.30. The molecule has 3 rings (SSSR count). The first-order chi connectivity index (χ1) is 8.52. The lowest BCUT2D eigenvalue weighted by molar-refractivity contribution is 0.264. The van der Waals surface area contributed by atoms with Crippen molar-refractivity contribution in [3.63, 3.8) is 0 Å². The van der Waals surface area contributed by atoms with Crippen molar-refractivity contribution in [1.29, 1.82) is 0 Å². The summed E-state index contributed by atoms with van der Waals surface area (Å²) in [6.45, 7) is 0.435. The Morgan fingerprint density at radius 3 is 2.94 bits per heavy atom. The molecule has 1 saturated heterocycles. The molecule has 1 fully saturated rings. The Bertz CT molecular complexity index is 681. The molecule has 7 heteroatoms. The minimum absolute atomic E-state index is 0.117. The van der Waals surface area contributed by atoms with Crippen LogP contribution in [0.4, 0.5) is 5.13 Å². The molecule has 18 heavy (non-hydrogen) atoms. The van der Waals surface area contributed by atoms with Gasteiger partial charge in [0, 0.05) is 12.0 Å². The highest BCUT2D eigenvalue weighted by atomic mass is 32.2. The lowest BCUT2D eigenvalue weighted by atomic mass is 10.2. The van der Waals surface area contributed by atoms with E-state index < -0.39 is 9.84 Å². The molecule has 2 heterocycles. The van der Waals surface area contributed by atoms with Gasteiger partial charge in [-0.2, -0.15) is 0 Å². The van der Waals surface area contributed by atoms with E-state index in [9.17, 15) is 8.42 Å². The van der Waals surface area contributed by atoms with E-state index in [4.69, 9.17) is 10.5 Å². The Labute approximate surface area is 109 Å². The van der Waals surface area contributed by atoms with Crippen LogP contribution in [0.1, 0.15) is 0 Å². The van der Waals surface area contributed by atoms with Gasteiger partial charge in [0.15, 0.2) is 15.0 Å². The summed E-state index contributed by atoms with van der Waals surface area (Å²) in [5.41, 5.74) is 6.44. The van der Waals surface area contributed by atoms with Crippen LogP contribution in [0.25, 0.3) is 10.2 Å². The number of aromatic nitrogens is 1. The molecule has 0 spiro atoms. The average Bonchev–Trinajstić information content (AvgIpc) is 2.62. The van der Waals surface area contributed by atoms with Crippen LogP contribution in [0.15, 0.2) is 18.2 Å². The molecule has 5 nitrogen and oxygen atoms in total. The number of hydrogen-bond acceptors (Lipinski definition) is 6. The molecule has 2 N–H and O–H groups in total. The number of nitrogen functional groups attached to an aromatic ring is 1. The van der Waals surface area contributed by atoms with E-state index in [1.165, 1.54) is 11.3 Å². The summed E-state index contributed by atoms with van der Waals surface area (Å²) in [6, 6.07) is 5.60. The lowest BCUT2D eigenvalue weighted by Gasteiger charge is -2.25. The van der Waals surface area contributed by atoms with Crippen molar-refractivity contribution in [2.24, 2.45) is 5.92 Å². The molecule has 1 aromatic heterocycles. The van der Waals surface area contributed by atoms with E-state index in [2.05, 4.69) is 4.98 Å².